The molecule has 0 spiro atoms. The molecule has 1 rings (SSSR count). The Morgan fingerprint density at radius 3 is 2.53 bits per heavy atom. The van der Waals surface area contributed by atoms with Crippen LogP contribution in [0.15, 0.2) is 11.1 Å². The molecule has 0 atom stereocenters. The summed E-state index contributed by atoms with van der Waals surface area (Å²) in [5, 5.41) is 6.21. The molecule has 1 heterocycles. The van der Waals surface area contributed by atoms with Gasteiger partial charge in [-0.1, -0.05) is 0 Å². The van der Waals surface area contributed by atoms with Crippen molar-refractivity contribution in [3.8, 4) is 0 Å². The molecule has 0 saturated carbocycles. The number of nitrogens with zero attached hydrogens (tertiary/aromatic N) is 2. The number of nitrogens with one attached hydrogen (secondary N) is 1. The first-order valence-electron chi connectivity index (χ1n) is 5.07. The average Bonchev–Trinajstić information content (AvgIpc) is 2.60. The summed E-state index contributed by atoms with van der Waals surface area (Å²) in [6.45, 7) is 4.61. The van der Waals surface area contributed by atoms with E-state index in [9.17, 15) is 13.2 Å². The van der Waals surface area contributed by atoms with Gasteiger partial charge in [0.2, 0.25) is 15.9 Å². The third-order valence-electron chi connectivity index (χ3n) is 2.26. The molecule has 0 aliphatic carbocycles. The Morgan fingerprint density at radius 2 is 2.18 bits per heavy atom. The summed E-state index contributed by atoms with van der Waals surface area (Å²) in [7, 11) is -3.74. The van der Waals surface area contributed by atoms with Gasteiger partial charge in [-0.3, -0.25) is 9.89 Å². The van der Waals surface area contributed by atoms with Gasteiger partial charge in [-0.2, -0.15) is 9.40 Å². The Kier molecular flexibility index (Phi) is 3.89. The lowest BCUT2D eigenvalue weighted by Gasteiger charge is -2.24. The highest BCUT2D eigenvalue weighted by molar-refractivity contribution is 7.89. The fourth-order valence-corrected chi connectivity index (χ4v) is 3.15. The zero-order valence-corrected chi connectivity index (χ0v) is 10.8. The number of nitrogens with two attached hydrogens (primary N) is 1. The van der Waals surface area contributed by atoms with Gasteiger partial charge in [0.05, 0.1) is 18.4 Å². The number of amides is 1. The second-order valence-corrected chi connectivity index (χ2v) is 5.83. The summed E-state index contributed by atoms with van der Waals surface area (Å²) in [5.41, 5.74) is 5.48. The lowest BCUT2D eigenvalue weighted by atomic mass is 10.4. The van der Waals surface area contributed by atoms with Crippen LogP contribution in [0.2, 0.25) is 0 Å². The number of aryl methyl sites for hydroxylation is 1. The fraction of sp³-hybridized carbons (Fsp3) is 0.556. The molecule has 0 unspecified atom stereocenters. The largest absolute Gasteiger partial charge is 0.369 e. The van der Waals surface area contributed by atoms with Crippen LogP contribution in [0.5, 0.6) is 0 Å². The molecular formula is C9H16N4O3S. The maximum Gasteiger partial charge on any atom is 0.247 e. The third-order valence-corrected chi connectivity index (χ3v) is 4.39. The number of hydrogen-bond acceptors (Lipinski definition) is 4. The molecule has 3 N–H and O–H groups in total. The Balaban J connectivity index is 3.18. The van der Waals surface area contributed by atoms with E-state index in [1.165, 1.54) is 6.20 Å². The summed E-state index contributed by atoms with van der Waals surface area (Å²) in [4.78, 5) is 11.0. The van der Waals surface area contributed by atoms with Crippen LogP contribution >= 0.6 is 0 Å². The van der Waals surface area contributed by atoms with E-state index in [1.54, 1.807) is 20.8 Å². The number of sulfonamides is 1. The maximum absolute atomic E-state index is 12.2. The van der Waals surface area contributed by atoms with E-state index < -0.39 is 15.9 Å². The Morgan fingerprint density at radius 1 is 1.59 bits per heavy atom. The fourth-order valence-electron chi connectivity index (χ4n) is 1.42. The molecule has 7 nitrogen and oxygen atoms in total. The van der Waals surface area contributed by atoms with Gasteiger partial charge in [0.25, 0.3) is 0 Å². The molecule has 1 amide bonds. The van der Waals surface area contributed by atoms with Crippen LogP contribution in [-0.2, 0) is 14.8 Å². The van der Waals surface area contributed by atoms with Crippen LogP contribution < -0.4 is 5.73 Å². The lowest BCUT2D eigenvalue weighted by molar-refractivity contribution is -0.118. The van der Waals surface area contributed by atoms with Crippen molar-refractivity contribution in [2.45, 2.75) is 31.7 Å². The highest BCUT2D eigenvalue weighted by Crippen LogP contribution is 2.19. The third kappa shape index (κ3) is 2.83. The predicted octanol–water partition coefficient (Wildman–Crippen LogP) is -0.397. The van der Waals surface area contributed by atoms with Crippen LogP contribution in [0.1, 0.15) is 19.5 Å². The minimum atomic E-state index is -3.74. The summed E-state index contributed by atoms with van der Waals surface area (Å²) < 4.78 is 25.5. The zero-order chi connectivity index (χ0) is 13.2. The van der Waals surface area contributed by atoms with E-state index in [4.69, 9.17) is 5.73 Å². The molecule has 0 bridgehead atoms. The summed E-state index contributed by atoms with van der Waals surface area (Å²) in [6.07, 6.45) is 1.22. The standard InChI is InChI=1S/C9H16N4O3S/c1-6(2)13(5-9(10)14)17(15,16)8-4-11-12-7(8)3/h4,6H,5H2,1-3H3,(H2,10,14)(H,11,12). The SMILES string of the molecule is Cc1[nH]ncc1S(=O)(=O)N(CC(N)=O)C(C)C. The number of primary amides is 1. The van der Waals surface area contributed by atoms with E-state index in [2.05, 4.69) is 10.2 Å². The van der Waals surface area contributed by atoms with Crippen molar-refractivity contribution in [1.29, 1.82) is 0 Å². The number of rotatable bonds is 5. The first kappa shape index (κ1) is 13.7. The Bertz CT molecular complexity index is 506. The van der Waals surface area contributed by atoms with E-state index >= 15 is 0 Å². The molecule has 0 aromatic carbocycles. The van der Waals surface area contributed by atoms with Crippen LogP contribution in [0.25, 0.3) is 0 Å². The summed E-state index contributed by atoms with van der Waals surface area (Å²) in [6, 6.07) is -0.359. The monoisotopic (exact) mass is 260 g/mol. The van der Waals surface area contributed by atoms with Gasteiger partial charge < -0.3 is 5.73 Å². The van der Waals surface area contributed by atoms with Crippen molar-refractivity contribution in [3.05, 3.63) is 11.9 Å². The van der Waals surface area contributed by atoms with Gasteiger partial charge >= 0.3 is 0 Å². The smallest absolute Gasteiger partial charge is 0.247 e. The number of hydrogen-bond donors (Lipinski definition) is 2. The average molecular weight is 260 g/mol. The van der Waals surface area contributed by atoms with E-state index in [0.717, 1.165) is 4.31 Å². The van der Waals surface area contributed by atoms with Crippen molar-refractivity contribution < 1.29 is 13.2 Å². The molecule has 0 aliphatic rings. The van der Waals surface area contributed by atoms with Gasteiger partial charge in [0.15, 0.2) is 0 Å². The quantitative estimate of drug-likeness (QED) is 0.750. The van der Waals surface area contributed by atoms with Crippen molar-refractivity contribution in [3.63, 3.8) is 0 Å². The zero-order valence-electron chi connectivity index (χ0n) is 9.97. The van der Waals surface area contributed by atoms with Gasteiger partial charge in [0, 0.05) is 6.04 Å². The number of H-pyrrole nitrogens is 1. The van der Waals surface area contributed by atoms with Crippen LogP contribution in [-0.4, -0.2) is 41.4 Å². The molecule has 1 aromatic heterocycles. The number of aromatic nitrogens is 2. The predicted molar refractivity (Wildman–Crippen MR) is 61.5 cm³/mol. The second-order valence-electron chi connectivity index (χ2n) is 3.97. The molecular weight excluding hydrogens is 244 g/mol. The van der Waals surface area contributed by atoms with Gasteiger partial charge in [-0.05, 0) is 20.8 Å². The minimum Gasteiger partial charge on any atom is -0.369 e. The van der Waals surface area contributed by atoms with E-state index in [0.29, 0.717) is 5.69 Å². The van der Waals surface area contributed by atoms with Gasteiger partial charge in [-0.15, -0.1) is 0 Å². The number of carbonyl (C=O) groups excluding carboxylic acids is 1. The van der Waals surface area contributed by atoms with Crippen LogP contribution in [0.3, 0.4) is 0 Å². The van der Waals surface area contributed by atoms with Crippen molar-refractivity contribution in [2.75, 3.05) is 6.54 Å². The van der Waals surface area contributed by atoms with Crippen molar-refractivity contribution in [1.82, 2.24) is 14.5 Å². The molecule has 0 radical (unpaired) electrons. The first-order chi connectivity index (χ1) is 7.76. The highest BCUT2D eigenvalue weighted by Gasteiger charge is 2.30. The summed E-state index contributed by atoms with van der Waals surface area (Å²) >= 11 is 0. The lowest BCUT2D eigenvalue weighted by Crippen LogP contribution is -2.42. The molecule has 1 aromatic rings. The molecule has 8 heteroatoms. The van der Waals surface area contributed by atoms with E-state index in [1.807, 2.05) is 0 Å². The molecule has 0 saturated heterocycles. The minimum absolute atomic E-state index is 0.0625. The molecule has 0 aliphatic heterocycles. The normalized spacial score (nSPS) is 12.3. The van der Waals surface area contributed by atoms with Gasteiger partial charge in [-0.25, -0.2) is 8.42 Å². The molecule has 0 fully saturated rings. The summed E-state index contributed by atoms with van der Waals surface area (Å²) in [5.74, 6) is -0.691. The maximum atomic E-state index is 12.2. The molecule has 96 valence electrons. The van der Waals surface area contributed by atoms with Crippen LogP contribution in [0.4, 0.5) is 0 Å². The van der Waals surface area contributed by atoms with Crippen LogP contribution in [0, 0.1) is 6.92 Å². The first-order valence-corrected chi connectivity index (χ1v) is 6.51. The Labute approximate surface area is 100 Å². The van der Waals surface area contributed by atoms with E-state index in [-0.39, 0.29) is 17.5 Å². The topological polar surface area (TPSA) is 109 Å². The van der Waals surface area contributed by atoms with Crippen molar-refractivity contribution >= 4 is 15.9 Å². The Hall–Kier alpha value is -1.41. The van der Waals surface area contributed by atoms with Crippen molar-refractivity contribution in [2.24, 2.45) is 5.73 Å². The highest BCUT2D eigenvalue weighted by atomic mass is 32.2. The molecule has 17 heavy (non-hydrogen) atoms. The number of aromatic amines is 1. The second kappa shape index (κ2) is 4.84. The van der Waals surface area contributed by atoms with Gasteiger partial charge in [0.1, 0.15) is 4.90 Å². The number of carbonyl (C=O) groups is 1.